The van der Waals surface area contributed by atoms with Gasteiger partial charge in [0.15, 0.2) is 0 Å². The van der Waals surface area contributed by atoms with Crippen LogP contribution >= 0.6 is 0 Å². The zero-order valence-electron chi connectivity index (χ0n) is 14.0. The number of hydrogen-bond acceptors (Lipinski definition) is 0. The largest absolute Gasteiger partial charge is 0.0877 e. The van der Waals surface area contributed by atoms with Gasteiger partial charge in [-0.2, -0.15) is 0 Å². The molecule has 0 aliphatic carbocycles. The molecule has 3 aromatic carbocycles. The Morgan fingerprint density at radius 3 is 2.43 bits per heavy atom. The summed E-state index contributed by atoms with van der Waals surface area (Å²) in [6.07, 6.45) is 6.35. The fourth-order valence-corrected chi connectivity index (χ4v) is 3.08. The number of fused-ring (bicyclic) bond motifs is 1. The van der Waals surface area contributed by atoms with Crippen LogP contribution in [0.25, 0.3) is 27.5 Å². The van der Waals surface area contributed by atoms with Gasteiger partial charge >= 0.3 is 0 Å². The van der Waals surface area contributed by atoms with Gasteiger partial charge in [0.2, 0.25) is 0 Å². The van der Waals surface area contributed by atoms with Gasteiger partial charge in [-0.15, -0.1) is 0 Å². The summed E-state index contributed by atoms with van der Waals surface area (Å²) in [5.74, 6) is 0. The molecule has 0 unspecified atom stereocenters. The van der Waals surface area contributed by atoms with E-state index in [-0.39, 0.29) is 0 Å². The lowest BCUT2D eigenvalue weighted by molar-refractivity contribution is 1.49. The standard InChI is InChI=1S/C23H22/c1-4-5-10-18(3)21-14-9-13-20-15-17(2)16-22(23(20)21)19-11-7-6-8-12-19/h4-16H,1-3H3/b5-4-,18-10+. The molecule has 3 rings (SSSR count). The van der Waals surface area contributed by atoms with Crippen LogP contribution in [0.1, 0.15) is 25.0 Å². The topological polar surface area (TPSA) is 0 Å². The van der Waals surface area contributed by atoms with Gasteiger partial charge in [0, 0.05) is 0 Å². The molecule has 0 radical (unpaired) electrons. The first kappa shape index (κ1) is 15.3. The first-order valence-corrected chi connectivity index (χ1v) is 8.09. The summed E-state index contributed by atoms with van der Waals surface area (Å²) >= 11 is 0. The summed E-state index contributed by atoms with van der Waals surface area (Å²) in [5.41, 5.74) is 6.47. The lowest BCUT2D eigenvalue weighted by Crippen LogP contribution is -1.89. The third-order valence-corrected chi connectivity index (χ3v) is 4.17. The van der Waals surface area contributed by atoms with Crippen LogP contribution in [0.2, 0.25) is 0 Å². The predicted octanol–water partition coefficient (Wildman–Crippen LogP) is 6.79. The minimum Gasteiger partial charge on any atom is -0.0877 e. The zero-order chi connectivity index (χ0) is 16.2. The van der Waals surface area contributed by atoms with Crippen molar-refractivity contribution in [3.63, 3.8) is 0 Å². The van der Waals surface area contributed by atoms with Gasteiger partial charge in [-0.1, -0.05) is 78.9 Å². The van der Waals surface area contributed by atoms with E-state index in [4.69, 9.17) is 0 Å². The number of hydrogen-bond donors (Lipinski definition) is 0. The molecule has 0 N–H and O–H groups in total. The smallest absolute Gasteiger partial charge is 0.00300 e. The van der Waals surface area contributed by atoms with E-state index in [1.54, 1.807) is 0 Å². The molecule has 3 aromatic rings. The summed E-state index contributed by atoms with van der Waals surface area (Å²) in [7, 11) is 0. The molecule has 0 atom stereocenters. The van der Waals surface area contributed by atoms with Gasteiger partial charge < -0.3 is 0 Å². The van der Waals surface area contributed by atoms with E-state index in [1.165, 1.54) is 38.6 Å². The van der Waals surface area contributed by atoms with Crippen LogP contribution < -0.4 is 0 Å². The Bertz CT molecular complexity index is 881. The van der Waals surface area contributed by atoms with E-state index in [2.05, 4.69) is 92.7 Å². The molecule has 0 heteroatoms. The molecule has 0 aromatic heterocycles. The number of benzene rings is 3. The highest BCUT2D eigenvalue weighted by Gasteiger charge is 2.10. The zero-order valence-corrected chi connectivity index (χ0v) is 14.0. The van der Waals surface area contributed by atoms with Crippen LogP contribution in [-0.2, 0) is 0 Å². The third kappa shape index (κ3) is 3.12. The van der Waals surface area contributed by atoms with Gasteiger partial charge in [-0.3, -0.25) is 0 Å². The Kier molecular flexibility index (Phi) is 4.43. The first-order valence-electron chi connectivity index (χ1n) is 8.09. The normalized spacial score (nSPS) is 12.2. The maximum absolute atomic E-state index is 2.30. The molecule has 0 saturated carbocycles. The summed E-state index contributed by atoms with van der Waals surface area (Å²) in [5, 5.41) is 2.64. The average Bonchev–Trinajstić information content (AvgIpc) is 2.59. The Hall–Kier alpha value is -2.60. The van der Waals surface area contributed by atoms with Crippen molar-refractivity contribution in [2.24, 2.45) is 0 Å². The van der Waals surface area contributed by atoms with Crippen molar-refractivity contribution in [2.75, 3.05) is 0 Å². The van der Waals surface area contributed by atoms with E-state index < -0.39 is 0 Å². The minimum atomic E-state index is 1.27. The van der Waals surface area contributed by atoms with Gasteiger partial charge in [-0.05, 0) is 59.4 Å². The first-order chi connectivity index (χ1) is 11.2. The van der Waals surface area contributed by atoms with E-state index in [0.717, 1.165) is 0 Å². The van der Waals surface area contributed by atoms with Gasteiger partial charge in [0.1, 0.15) is 0 Å². The molecule has 23 heavy (non-hydrogen) atoms. The highest BCUT2D eigenvalue weighted by Crippen LogP contribution is 2.35. The van der Waals surface area contributed by atoms with Crippen molar-refractivity contribution in [1.82, 2.24) is 0 Å². The van der Waals surface area contributed by atoms with Crippen LogP contribution in [0.5, 0.6) is 0 Å². The number of allylic oxidation sites excluding steroid dienone is 4. The quantitative estimate of drug-likeness (QED) is 0.467. The van der Waals surface area contributed by atoms with E-state index in [9.17, 15) is 0 Å². The summed E-state index contributed by atoms with van der Waals surface area (Å²) in [6.45, 7) is 6.40. The highest BCUT2D eigenvalue weighted by atomic mass is 14.1. The van der Waals surface area contributed by atoms with E-state index in [1.807, 2.05) is 6.92 Å². The number of rotatable bonds is 3. The molecular weight excluding hydrogens is 276 g/mol. The molecule has 0 aliphatic rings. The van der Waals surface area contributed by atoms with Gasteiger partial charge in [0.25, 0.3) is 0 Å². The molecule has 0 amide bonds. The summed E-state index contributed by atoms with van der Waals surface area (Å²) in [4.78, 5) is 0. The second-order valence-electron chi connectivity index (χ2n) is 5.96. The SMILES string of the molecule is C/C=C\C=C(/C)c1cccc2cc(C)cc(-c3ccccc3)c12. The molecular formula is C23H22. The number of aryl methyl sites for hydroxylation is 1. The average molecular weight is 298 g/mol. The Morgan fingerprint density at radius 2 is 1.70 bits per heavy atom. The predicted molar refractivity (Wildman–Crippen MR) is 103 cm³/mol. The lowest BCUT2D eigenvalue weighted by Gasteiger charge is -2.14. The Balaban J connectivity index is 2.35. The molecule has 0 fully saturated rings. The highest BCUT2D eigenvalue weighted by molar-refractivity contribution is 6.04. The van der Waals surface area contributed by atoms with Crippen molar-refractivity contribution in [3.05, 3.63) is 90.0 Å². The van der Waals surface area contributed by atoms with Crippen LogP contribution in [0.3, 0.4) is 0 Å². The maximum Gasteiger partial charge on any atom is -0.00300 e. The second kappa shape index (κ2) is 6.66. The fraction of sp³-hybridized carbons (Fsp3) is 0.130. The monoisotopic (exact) mass is 298 g/mol. The molecule has 0 heterocycles. The minimum absolute atomic E-state index is 1.27. The summed E-state index contributed by atoms with van der Waals surface area (Å²) < 4.78 is 0. The Labute approximate surface area is 138 Å². The van der Waals surface area contributed by atoms with E-state index in [0.29, 0.717) is 0 Å². The molecule has 0 spiro atoms. The maximum atomic E-state index is 2.30. The lowest BCUT2D eigenvalue weighted by atomic mass is 9.90. The van der Waals surface area contributed by atoms with Crippen molar-refractivity contribution in [2.45, 2.75) is 20.8 Å². The second-order valence-corrected chi connectivity index (χ2v) is 5.96. The summed E-state index contributed by atoms with van der Waals surface area (Å²) in [6, 6.07) is 21.8. The van der Waals surface area contributed by atoms with Crippen LogP contribution in [0.4, 0.5) is 0 Å². The molecule has 0 saturated heterocycles. The van der Waals surface area contributed by atoms with Gasteiger partial charge in [0.05, 0.1) is 0 Å². The fourth-order valence-electron chi connectivity index (χ4n) is 3.08. The molecule has 114 valence electrons. The van der Waals surface area contributed by atoms with Gasteiger partial charge in [-0.25, -0.2) is 0 Å². The van der Waals surface area contributed by atoms with Crippen LogP contribution in [0.15, 0.2) is 78.9 Å². The molecule has 0 aliphatic heterocycles. The van der Waals surface area contributed by atoms with Crippen LogP contribution in [-0.4, -0.2) is 0 Å². The van der Waals surface area contributed by atoms with E-state index >= 15 is 0 Å². The molecule has 0 bridgehead atoms. The Morgan fingerprint density at radius 1 is 0.913 bits per heavy atom. The van der Waals surface area contributed by atoms with Crippen LogP contribution in [0, 0.1) is 6.92 Å². The van der Waals surface area contributed by atoms with Crippen molar-refractivity contribution < 1.29 is 0 Å². The molecule has 0 nitrogen and oxygen atoms in total. The van der Waals surface area contributed by atoms with Crippen molar-refractivity contribution >= 4 is 16.3 Å². The third-order valence-electron chi connectivity index (χ3n) is 4.17. The van der Waals surface area contributed by atoms with Crippen molar-refractivity contribution in [1.29, 1.82) is 0 Å². The van der Waals surface area contributed by atoms with Crippen molar-refractivity contribution in [3.8, 4) is 11.1 Å².